The molecule has 3 nitrogen and oxygen atoms in total. The molecule has 0 bridgehead atoms. The van der Waals surface area contributed by atoms with Crippen LogP contribution in [0.1, 0.15) is 39.2 Å². The summed E-state index contributed by atoms with van der Waals surface area (Å²) in [6.07, 6.45) is 1.97. The van der Waals surface area contributed by atoms with Crippen LogP contribution in [0.3, 0.4) is 0 Å². The fraction of sp³-hybridized carbons (Fsp3) is 0.533. The number of rotatable bonds is 6. The minimum absolute atomic E-state index is 0.109. The third-order valence-corrected chi connectivity index (χ3v) is 3.00. The highest BCUT2D eigenvalue weighted by Crippen LogP contribution is 2.16. The molecular formula is C15H23FN2O. The number of nitrogens with one attached hydrogen (secondary N) is 2. The third kappa shape index (κ3) is 4.89. The van der Waals surface area contributed by atoms with Crippen LogP contribution in [0, 0.1) is 12.7 Å². The van der Waals surface area contributed by atoms with Gasteiger partial charge in [0.25, 0.3) is 0 Å². The van der Waals surface area contributed by atoms with Gasteiger partial charge in [-0.3, -0.25) is 4.79 Å². The third-order valence-electron chi connectivity index (χ3n) is 3.00. The van der Waals surface area contributed by atoms with E-state index in [-0.39, 0.29) is 17.8 Å². The van der Waals surface area contributed by atoms with E-state index in [1.54, 1.807) is 19.1 Å². The summed E-state index contributed by atoms with van der Waals surface area (Å²) in [6.45, 7) is 7.67. The van der Waals surface area contributed by atoms with Crippen LogP contribution in [0.25, 0.3) is 0 Å². The van der Waals surface area contributed by atoms with Crippen molar-refractivity contribution in [2.75, 3.05) is 5.32 Å². The van der Waals surface area contributed by atoms with Gasteiger partial charge in [-0.1, -0.05) is 19.4 Å². The van der Waals surface area contributed by atoms with E-state index < -0.39 is 6.04 Å². The average Bonchev–Trinajstić information content (AvgIpc) is 2.34. The summed E-state index contributed by atoms with van der Waals surface area (Å²) in [5, 5.41) is 5.82. The molecule has 0 fully saturated rings. The van der Waals surface area contributed by atoms with Gasteiger partial charge in [0.2, 0.25) is 5.91 Å². The van der Waals surface area contributed by atoms with Gasteiger partial charge in [0.1, 0.15) is 11.9 Å². The normalized spacial score (nSPS) is 13.7. The first-order chi connectivity index (χ1) is 8.93. The Hall–Kier alpha value is -1.58. The van der Waals surface area contributed by atoms with Crippen LogP contribution >= 0.6 is 0 Å². The van der Waals surface area contributed by atoms with E-state index in [0.29, 0.717) is 5.69 Å². The molecule has 106 valence electrons. The molecule has 1 amide bonds. The average molecular weight is 266 g/mol. The molecule has 4 heteroatoms. The lowest BCUT2D eigenvalue weighted by Gasteiger charge is -2.19. The maximum atomic E-state index is 13.6. The number of aryl methyl sites for hydroxylation is 1. The lowest BCUT2D eigenvalue weighted by Crippen LogP contribution is -2.42. The summed E-state index contributed by atoms with van der Waals surface area (Å²) in [5.74, 6) is -0.450. The summed E-state index contributed by atoms with van der Waals surface area (Å²) < 4.78 is 13.6. The lowest BCUT2D eigenvalue weighted by atomic mass is 10.1. The van der Waals surface area contributed by atoms with E-state index in [1.807, 2.05) is 13.8 Å². The van der Waals surface area contributed by atoms with Crippen LogP contribution in [-0.4, -0.2) is 18.0 Å². The minimum atomic E-state index is -0.462. The van der Waals surface area contributed by atoms with Gasteiger partial charge in [0, 0.05) is 6.04 Å². The van der Waals surface area contributed by atoms with Crippen molar-refractivity contribution in [3.8, 4) is 0 Å². The molecule has 0 saturated carbocycles. The van der Waals surface area contributed by atoms with E-state index in [4.69, 9.17) is 0 Å². The zero-order chi connectivity index (χ0) is 14.4. The molecule has 2 N–H and O–H groups in total. The van der Waals surface area contributed by atoms with Crippen molar-refractivity contribution in [1.82, 2.24) is 5.32 Å². The Morgan fingerprint density at radius 1 is 1.37 bits per heavy atom. The molecule has 0 aliphatic heterocycles. The zero-order valence-electron chi connectivity index (χ0n) is 12.1. The molecule has 0 spiro atoms. The molecule has 0 heterocycles. The Balaban J connectivity index is 2.61. The van der Waals surface area contributed by atoms with Crippen LogP contribution in [0.15, 0.2) is 18.2 Å². The van der Waals surface area contributed by atoms with Gasteiger partial charge in [-0.25, -0.2) is 4.39 Å². The van der Waals surface area contributed by atoms with E-state index in [1.165, 1.54) is 6.07 Å². The Labute approximate surface area is 114 Å². The Morgan fingerprint density at radius 2 is 2.05 bits per heavy atom. The first-order valence-corrected chi connectivity index (χ1v) is 6.77. The summed E-state index contributed by atoms with van der Waals surface area (Å²) in [4.78, 5) is 11.9. The maximum Gasteiger partial charge on any atom is 0.242 e. The van der Waals surface area contributed by atoms with Gasteiger partial charge in [0.05, 0.1) is 5.69 Å². The number of hydrogen-bond acceptors (Lipinski definition) is 2. The van der Waals surface area contributed by atoms with E-state index in [0.717, 1.165) is 18.4 Å². The van der Waals surface area contributed by atoms with Crippen LogP contribution in [-0.2, 0) is 4.79 Å². The van der Waals surface area contributed by atoms with Crippen LogP contribution in [0.4, 0.5) is 10.1 Å². The van der Waals surface area contributed by atoms with Crippen molar-refractivity contribution in [2.45, 2.75) is 52.6 Å². The van der Waals surface area contributed by atoms with E-state index >= 15 is 0 Å². The number of halogens is 1. The summed E-state index contributed by atoms with van der Waals surface area (Å²) >= 11 is 0. The first kappa shape index (κ1) is 15.5. The predicted octanol–water partition coefficient (Wildman–Crippen LogP) is 3.24. The second-order valence-corrected chi connectivity index (χ2v) is 5.05. The summed E-state index contributed by atoms with van der Waals surface area (Å²) in [6, 6.07) is 4.49. The molecule has 0 aliphatic carbocycles. The van der Waals surface area contributed by atoms with Crippen LogP contribution in [0.2, 0.25) is 0 Å². The molecule has 0 saturated heterocycles. The van der Waals surface area contributed by atoms with Crippen molar-refractivity contribution >= 4 is 11.6 Å². The second-order valence-electron chi connectivity index (χ2n) is 5.05. The Kier molecular flexibility index (Phi) is 5.80. The van der Waals surface area contributed by atoms with Crippen LogP contribution < -0.4 is 10.6 Å². The van der Waals surface area contributed by atoms with Crippen molar-refractivity contribution in [3.63, 3.8) is 0 Å². The number of hydrogen-bond donors (Lipinski definition) is 2. The highest BCUT2D eigenvalue weighted by molar-refractivity contribution is 5.84. The van der Waals surface area contributed by atoms with Gasteiger partial charge in [-0.15, -0.1) is 0 Å². The molecule has 19 heavy (non-hydrogen) atoms. The molecule has 1 rings (SSSR count). The number of anilines is 1. The highest BCUT2D eigenvalue weighted by atomic mass is 19.1. The van der Waals surface area contributed by atoms with Crippen LogP contribution in [0.5, 0.6) is 0 Å². The molecule has 0 radical (unpaired) electrons. The monoisotopic (exact) mass is 266 g/mol. The Morgan fingerprint density at radius 3 is 2.68 bits per heavy atom. The van der Waals surface area contributed by atoms with E-state index in [2.05, 4.69) is 17.6 Å². The number of carbonyl (C=O) groups is 1. The van der Waals surface area contributed by atoms with E-state index in [9.17, 15) is 9.18 Å². The fourth-order valence-corrected chi connectivity index (χ4v) is 1.92. The SMILES string of the molecule is CCCC(C)NC(=O)C(C)Nc1cc(C)ccc1F. The number of carbonyl (C=O) groups excluding carboxylic acids is 1. The highest BCUT2D eigenvalue weighted by Gasteiger charge is 2.16. The molecule has 1 aromatic carbocycles. The second kappa shape index (κ2) is 7.12. The molecular weight excluding hydrogens is 243 g/mol. The molecule has 0 aromatic heterocycles. The summed E-state index contributed by atoms with van der Waals surface area (Å²) in [7, 11) is 0. The first-order valence-electron chi connectivity index (χ1n) is 6.77. The predicted molar refractivity (Wildman–Crippen MR) is 76.7 cm³/mol. The van der Waals surface area contributed by atoms with Crippen molar-refractivity contribution < 1.29 is 9.18 Å². The lowest BCUT2D eigenvalue weighted by molar-refractivity contribution is -0.122. The quantitative estimate of drug-likeness (QED) is 0.830. The van der Waals surface area contributed by atoms with Gasteiger partial charge in [-0.2, -0.15) is 0 Å². The molecule has 1 aromatic rings. The fourth-order valence-electron chi connectivity index (χ4n) is 1.92. The molecule has 2 atom stereocenters. The van der Waals surface area contributed by atoms with Crippen molar-refractivity contribution in [2.24, 2.45) is 0 Å². The standard InChI is InChI=1S/C15H23FN2O/c1-5-6-11(3)17-15(19)12(4)18-14-9-10(2)7-8-13(14)16/h7-9,11-12,18H,5-6H2,1-4H3,(H,17,19). The van der Waals surface area contributed by atoms with Gasteiger partial charge < -0.3 is 10.6 Å². The molecule has 0 aliphatic rings. The topological polar surface area (TPSA) is 41.1 Å². The largest absolute Gasteiger partial charge is 0.372 e. The smallest absolute Gasteiger partial charge is 0.242 e. The van der Waals surface area contributed by atoms with Crippen molar-refractivity contribution in [3.05, 3.63) is 29.6 Å². The van der Waals surface area contributed by atoms with Gasteiger partial charge >= 0.3 is 0 Å². The summed E-state index contributed by atoms with van der Waals surface area (Å²) in [5.41, 5.74) is 1.32. The van der Waals surface area contributed by atoms with Crippen molar-refractivity contribution in [1.29, 1.82) is 0 Å². The van der Waals surface area contributed by atoms with Gasteiger partial charge in [-0.05, 0) is 44.9 Å². The Bertz CT molecular complexity index is 434. The number of amides is 1. The minimum Gasteiger partial charge on any atom is -0.372 e. The zero-order valence-corrected chi connectivity index (χ0v) is 12.1. The van der Waals surface area contributed by atoms with Gasteiger partial charge in [0.15, 0.2) is 0 Å². The molecule has 2 unspecified atom stereocenters. The maximum absolute atomic E-state index is 13.6. The number of benzene rings is 1.